The summed E-state index contributed by atoms with van der Waals surface area (Å²) in [5, 5.41) is 48.1. The molecule has 4 aromatic carbocycles. The number of hydrogen-bond donors (Lipinski definition) is 5. The van der Waals surface area contributed by atoms with Crippen molar-refractivity contribution in [2.75, 3.05) is 0 Å². The topological polar surface area (TPSA) is 101 Å². The Hall–Kier alpha value is -2.74. The van der Waals surface area contributed by atoms with Gasteiger partial charge in [0, 0.05) is 6.42 Å². The summed E-state index contributed by atoms with van der Waals surface area (Å²) in [6.07, 6.45) is 0.357. The van der Waals surface area contributed by atoms with Crippen molar-refractivity contribution < 1.29 is 25.3 Å². The third kappa shape index (κ3) is 5.80. The highest BCUT2D eigenvalue weighted by atomic mass is 16.5. The second-order valence-electron chi connectivity index (χ2n) is 11.1. The lowest BCUT2D eigenvalue weighted by molar-refractivity contribution is -0.118. The molecule has 4 aromatic rings. The first-order chi connectivity index (χ1) is 16.6. The lowest BCUT2D eigenvalue weighted by Gasteiger charge is -2.36. The molecule has 36 heavy (non-hydrogen) atoms. The van der Waals surface area contributed by atoms with Gasteiger partial charge in [0.1, 0.15) is 0 Å². The van der Waals surface area contributed by atoms with Crippen LogP contribution in [0.25, 0.3) is 32.7 Å². The van der Waals surface area contributed by atoms with Gasteiger partial charge in [-0.3, -0.25) is 0 Å². The number of benzene rings is 4. The summed E-state index contributed by atoms with van der Waals surface area (Å²) in [6.45, 7) is 11.9. The van der Waals surface area contributed by atoms with Crippen LogP contribution in [0.3, 0.4) is 0 Å². The van der Waals surface area contributed by atoms with Crippen LogP contribution in [0.15, 0.2) is 72.8 Å². The first-order valence-electron chi connectivity index (χ1n) is 12.2. The molecule has 0 aliphatic rings. The molecule has 6 heteroatoms. The van der Waals surface area contributed by atoms with Crippen molar-refractivity contribution in [3.05, 3.63) is 83.9 Å². The van der Waals surface area contributed by atoms with Crippen LogP contribution in [0.5, 0.6) is 0 Å². The number of fused-ring (bicyclic) bond motifs is 2. The molecule has 0 spiro atoms. The highest BCUT2D eigenvalue weighted by Crippen LogP contribution is 2.44. The van der Waals surface area contributed by atoms with Gasteiger partial charge in [0.05, 0.1) is 11.2 Å². The van der Waals surface area contributed by atoms with Crippen molar-refractivity contribution >= 4 is 28.9 Å². The molecule has 5 N–H and O–H groups in total. The normalized spacial score (nSPS) is 13.8. The summed E-state index contributed by atoms with van der Waals surface area (Å²) in [5.74, 6) is 0. The minimum atomic E-state index is -2.17. The third-order valence-electron chi connectivity index (χ3n) is 6.82. The zero-order chi connectivity index (χ0) is 26.9. The van der Waals surface area contributed by atoms with E-state index in [9.17, 15) is 10.2 Å². The Morgan fingerprint density at radius 2 is 1.00 bits per heavy atom. The van der Waals surface area contributed by atoms with E-state index in [1.165, 1.54) is 32.7 Å². The molecule has 5 nitrogen and oxygen atoms in total. The number of aliphatic hydroxyl groups is 2. The van der Waals surface area contributed by atoms with E-state index in [1.807, 2.05) is 6.07 Å². The Bertz CT molecular complexity index is 1290. The van der Waals surface area contributed by atoms with Crippen LogP contribution >= 0.6 is 0 Å². The number of rotatable bonds is 4. The van der Waals surface area contributed by atoms with Gasteiger partial charge < -0.3 is 25.3 Å². The van der Waals surface area contributed by atoms with Gasteiger partial charge >= 0.3 is 7.32 Å². The van der Waals surface area contributed by atoms with Crippen molar-refractivity contribution in [2.24, 2.45) is 0 Å². The third-order valence-corrected chi connectivity index (χ3v) is 6.82. The fourth-order valence-electron chi connectivity index (χ4n) is 4.73. The van der Waals surface area contributed by atoms with Gasteiger partial charge in [0.2, 0.25) is 0 Å². The van der Waals surface area contributed by atoms with E-state index < -0.39 is 18.5 Å². The van der Waals surface area contributed by atoms with E-state index in [1.54, 1.807) is 20.8 Å². The van der Waals surface area contributed by atoms with Crippen LogP contribution in [0, 0.1) is 0 Å². The fraction of sp³-hybridized carbons (Fsp3) is 0.333. The standard InChI is InChI=1S/C30H34O2.BH3O3/c1-28(2,3)27-24-17-11-9-15-22(24)26(23-16-10-12-18-25(23)27)21-14-8-7-13-20(21)19-30(6,32)29(4,5)31;2-1(3)4/h7-18,31-32H,19H2,1-6H3;2-4H. The highest BCUT2D eigenvalue weighted by Gasteiger charge is 2.38. The van der Waals surface area contributed by atoms with Crippen LogP contribution in [-0.4, -0.2) is 43.8 Å². The van der Waals surface area contributed by atoms with E-state index in [0.29, 0.717) is 6.42 Å². The van der Waals surface area contributed by atoms with Crippen molar-refractivity contribution in [3.8, 4) is 11.1 Å². The molecular weight excluding hydrogens is 451 g/mol. The quantitative estimate of drug-likeness (QED) is 0.206. The molecular formula is C30H37BO5. The van der Waals surface area contributed by atoms with Gasteiger partial charge in [-0.15, -0.1) is 0 Å². The molecule has 0 saturated heterocycles. The fourth-order valence-corrected chi connectivity index (χ4v) is 4.73. The van der Waals surface area contributed by atoms with Crippen LogP contribution in [-0.2, 0) is 11.8 Å². The zero-order valence-electron chi connectivity index (χ0n) is 21.9. The molecule has 0 heterocycles. The molecule has 0 radical (unpaired) electrons. The smallest absolute Gasteiger partial charge is 0.402 e. The molecule has 0 bridgehead atoms. The molecule has 0 fully saturated rings. The van der Waals surface area contributed by atoms with Crippen molar-refractivity contribution in [1.29, 1.82) is 0 Å². The van der Waals surface area contributed by atoms with Gasteiger partial charge in [0.25, 0.3) is 0 Å². The van der Waals surface area contributed by atoms with E-state index >= 15 is 0 Å². The average molecular weight is 488 g/mol. The Kier molecular flexibility index (Phi) is 7.99. The van der Waals surface area contributed by atoms with Crippen molar-refractivity contribution in [3.63, 3.8) is 0 Å². The van der Waals surface area contributed by atoms with Crippen LogP contribution in [0.4, 0.5) is 0 Å². The van der Waals surface area contributed by atoms with E-state index in [-0.39, 0.29) is 5.41 Å². The highest BCUT2D eigenvalue weighted by molar-refractivity contribution is 6.30. The lowest BCUT2D eigenvalue weighted by Crippen LogP contribution is -2.49. The molecule has 0 aromatic heterocycles. The maximum absolute atomic E-state index is 11.1. The van der Waals surface area contributed by atoms with E-state index in [2.05, 4.69) is 87.5 Å². The molecule has 0 saturated carbocycles. The Labute approximate surface area is 213 Å². The summed E-state index contributed by atoms with van der Waals surface area (Å²) in [6, 6.07) is 25.6. The Morgan fingerprint density at radius 1 is 0.611 bits per heavy atom. The second kappa shape index (κ2) is 10.3. The summed E-state index contributed by atoms with van der Waals surface area (Å²) in [4.78, 5) is 0. The predicted molar refractivity (Wildman–Crippen MR) is 149 cm³/mol. The van der Waals surface area contributed by atoms with Crippen LogP contribution in [0.1, 0.15) is 52.7 Å². The molecule has 1 unspecified atom stereocenters. The molecule has 4 rings (SSSR count). The Morgan fingerprint density at radius 3 is 1.42 bits per heavy atom. The summed E-state index contributed by atoms with van der Waals surface area (Å²) < 4.78 is 0. The molecule has 0 amide bonds. The van der Waals surface area contributed by atoms with Crippen molar-refractivity contribution in [2.45, 2.75) is 64.6 Å². The average Bonchev–Trinajstić information content (AvgIpc) is 2.75. The van der Waals surface area contributed by atoms with E-state index in [0.717, 1.165) is 11.1 Å². The minimum Gasteiger partial charge on any atom is -0.402 e. The van der Waals surface area contributed by atoms with Crippen LogP contribution in [0.2, 0.25) is 0 Å². The van der Waals surface area contributed by atoms with Gasteiger partial charge in [0.15, 0.2) is 0 Å². The number of hydrogen-bond acceptors (Lipinski definition) is 5. The SMILES string of the molecule is CC(C)(C)c1c2ccccc2c(-c2ccccc2CC(C)(O)C(C)(C)O)c2ccccc12.OB(O)O. The first kappa shape index (κ1) is 27.8. The first-order valence-corrected chi connectivity index (χ1v) is 12.2. The molecule has 0 aliphatic heterocycles. The minimum absolute atomic E-state index is 0.0121. The zero-order valence-corrected chi connectivity index (χ0v) is 21.9. The largest absolute Gasteiger partial charge is 0.631 e. The molecule has 1 atom stereocenters. The van der Waals surface area contributed by atoms with Crippen molar-refractivity contribution in [1.82, 2.24) is 0 Å². The van der Waals surface area contributed by atoms with Gasteiger partial charge in [-0.05, 0) is 70.0 Å². The predicted octanol–water partition coefficient (Wildman–Crippen LogP) is 4.97. The summed E-state index contributed by atoms with van der Waals surface area (Å²) in [5.41, 5.74) is 2.17. The maximum atomic E-state index is 11.1. The molecule has 0 aliphatic carbocycles. The van der Waals surface area contributed by atoms with Crippen LogP contribution < -0.4 is 0 Å². The molecule has 190 valence electrons. The second-order valence-corrected chi connectivity index (χ2v) is 11.1. The Balaban J connectivity index is 0.000000840. The van der Waals surface area contributed by atoms with Gasteiger partial charge in [-0.25, -0.2) is 0 Å². The summed E-state index contributed by atoms with van der Waals surface area (Å²) >= 11 is 0. The summed E-state index contributed by atoms with van der Waals surface area (Å²) in [7, 11) is -2.17. The van der Waals surface area contributed by atoms with E-state index in [4.69, 9.17) is 15.1 Å². The monoisotopic (exact) mass is 488 g/mol. The van der Waals surface area contributed by atoms with Gasteiger partial charge in [-0.2, -0.15) is 0 Å². The van der Waals surface area contributed by atoms with Gasteiger partial charge in [-0.1, -0.05) is 93.6 Å². The lowest BCUT2D eigenvalue weighted by atomic mass is 9.76. The maximum Gasteiger partial charge on any atom is 0.631 e.